The Morgan fingerprint density at radius 1 is 1.24 bits per heavy atom. The highest BCUT2D eigenvalue weighted by Crippen LogP contribution is 2.63. The number of anilines is 1. The van der Waals surface area contributed by atoms with Crippen molar-refractivity contribution in [2.45, 2.75) is 37.3 Å². The molecule has 1 aromatic carbocycles. The van der Waals surface area contributed by atoms with Gasteiger partial charge in [-0.15, -0.1) is 0 Å². The van der Waals surface area contributed by atoms with Crippen LogP contribution in [0.3, 0.4) is 0 Å². The molecule has 3 heterocycles. The van der Waals surface area contributed by atoms with E-state index in [1.165, 1.54) is 17.1 Å². The van der Waals surface area contributed by atoms with Crippen molar-refractivity contribution in [2.75, 3.05) is 11.4 Å². The van der Waals surface area contributed by atoms with E-state index in [0.717, 1.165) is 31.7 Å². The minimum atomic E-state index is -0.600. The van der Waals surface area contributed by atoms with E-state index < -0.39 is 17.2 Å². The summed E-state index contributed by atoms with van der Waals surface area (Å²) in [5.41, 5.74) is 7.49. The number of aromatic nitrogens is 3. The van der Waals surface area contributed by atoms with Crippen LogP contribution in [-0.4, -0.2) is 32.2 Å². The van der Waals surface area contributed by atoms with Crippen molar-refractivity contribution in [2.24, 2.45) is 17.5 Å². The van der Waals surface area contributed by atoms with Gasteiger partial charge in [-0.1, -0.05) is 0 Å². The van der Waals surface area contributed by atoms with Crippen molar-refractivity contribution in [3.8, 4) is 6.07 Å². The van der Waals surface area contributed by atoms with Crippen LogP contribution in [-0.2, 0) is 5.54 Å². The summed E-state index contributed by atoms with van der Waals surface area (Å²) in [7, 11) is 0. The number of nitrogens with two attached hydrogens (primary N) is 2. The van der Waals surface area contributed by atoms with Gasteiger partial charge in [0.25, 0.3) is 0 Å². The lowest BCUT2D eigenvalue weighted by Crippen LogP contribution is -2.34. The Balaban J connectivity index is 1.43. The van der Waals surface area contributed by atoms with Gasteiger partial charge in [-0.25, -0.2) is 24.1 Å². The largest absolute Gasteiger partial charge is 0.396 e. The first kappa shape index (κ1) is 19.9. The molecule has 2 aromatic heterocycles. The first-order chi connectivity index (χ1) is 15.9. The number of nitrogens with zero attached hydrogens (tertiary/aromatic N) is 6. The summed E-state index contributed by atoms with van der Waals surface area (Å²) in [6.07, 6.45) is 6.77. The number of halogens is 2. The summed E-state index contributed by atoms with van der Waals surface area (Å²) in [6, 6.07) is 7.65. The fraction of sp³-hybridized carbons (Fsp3) is 0.348. The van der Waals surface area contributed by atoms with Gasteiger partial charge in [0.2, 0.25) is 0 Å². The third-order valence-electron chi connectivity index (χ3n) is 7.13. The topological polar surface area (TPSA) is 112 Å². The minimum Gasteiger partial charge on any atom is -0.396 e. The molecule has 0 unspecified atom stereocenters. The van der Waals surface area contributed by atoms with Crippen LogP contribution in [0.5, 0.6) is 0 Å². The van der Waals surface area contributed by atoms with Crippen LogP contribution in [0.4, 0.5) is 14.6 Å². The van der Waals surface area contributed by atoms with E-state index in [1.807, 2.05) is 6.07 Å². The molecule has 2 saturated carbocycles. The predicted octanol–water partition coefficient (Wildman–Crippen LogP) is 2.62. The van der Waals surface area contributed by atoms with Crippen molar-refractivity contribution in [3.63, 3.8) is 0 Å². The average Bonchev–Trinajstić information content (AvgIpc) is 3.72. The summed E-state index contributed by atoms with van der Waals surface area (Å²) in [5, 5.41) is 15.4. The Kier molecular flexibility index (Phi) is 4.16. The van der Waals surface area contributed by atoms with E-state index in [2.05, 4.69) is 16.1 Å². The molecule has 2 aliphatic carbocycles. The Morgan fingerprint density at radius 2 is 2.06 bits per heavy atom. The highest BCUT2D eigenvalue weighted by molar-refractivity contribution is 5.78. The molecule has 10 heteroatoms. The standard InChI is InChI=1S/C23H22F2N8/c24-14-1-4-18(25)17(9-14)23-10-13(23)5-7-31(23)20-6-8-32-22(30-20)16(12-29-32)21(27)19(11-26)33(28)15-2-3-15/h1,4,6,8-9,12-13,15H,2-3,5,7,10,27-28H2/b21-19-/t13-,23+/m0/s1. The van der Waals surface area contributed by atoms with Crippen LogP contribution in [0.2, 0.25) is 0 Å². The zero-order chi connectivity index (χ0) is 22.9. The predicted molar refractivity (Wildman–Crippen MR) is 117 cm³/mol. The summed E-state index contributed by atoms with van der Waals surface area (Å²) in [4.78, 5) is 6.85. The van der Waals surface area contributed by atoms with E-state index in [9.17, 15) is 14.0 Å². The lowest BCUT2D eigenvalue weighted by atomic mass is 10.0. The molecule has 1 aliphatic heterocycles. The number of fused-ring (bicyclic) bond motifs is 2. The Bertz CT molecular complexity index is 1350. The molecule has 0 bridgehead atoms. The van der Waals surface area contributed by atoms with Gasteiger partial charge in [0.05, 0.1) is 23.0 Å². The summed E-state index contributed by atoms with van der Waals surface area (Å²) in [5.74, 6) is 6.11. The lowest BCUT2D eigenvalue weighted by Gasteiger charge is -2.30. The molecule has 33 heavy (non-hydrogen) atoms. The number of rotatable bonds is 5. The molecule has 0 spiro atoms. The van der Waals surface area contributed by atoms with Gasteiger partial charge in [0.15, 0.2) is 11.3 Å². The van der Waals surface area contributed by atoms with Gasteiger partial charge in [-0.05, 0) is 55.9 Å². The fourth-order valence-corrected chi connectivity index (χ4v) is 5.22. The van der Waals surface area contributed by atoms with Crippen LogP contribution < -0.4 is 16.5 Å². The summed E-state index contributed by atoms with van der Waals surface area (Å²) >= 11 is 0. The van der Waals surface area contributed by atoms with Gasteiger partial charge in [-0.3, -0.25) is 5.01 Å². The van der Waals surface area contributed by atoms with Crippen molar-refractivity contribution in [1.82, 2.24) is 19.6 Å². The molecule has 168 valence electrons. The number of nitriles is 1. The average molecular weight is 448 g/mol. The first-order valence-electron chi connectivity index (χ1n) is 11.0. The van der Waals surface area contributed by atoms with Crippen LogP contribution in [0.25, 0.3) is 11.3 Å². The monoisotopic (exact) mass is 448 g/mol. The smallest absolute Gasteiger partial charge is 0.166 e. The summed E-state index contributed by atoms with van der Waals surface area (Å²) < 4.78 is 30.3. The SMILES string of the molecule is N#C/C(=C(/N)c1cnn2ccc(N3CC[C@H]4C[C@]43c3cc(F)ccc3F)nc12)N(N)C1CC1. The molecule has 8 nitrogen and oxygen atoms in total. The van der Waals surface area contributed by atoms with E-state index in [1.54, 1.807) is 16.9 Å². The molecule has 2 atom stereocenters. The molecular formula is C23H22F2N8. The highest BCUT2D eigenvalue weighted by Gasteiger charge is 2.64. The van der Waals surface area contributed by atoms with Gasteiger partial charge in [-0.2, -0.15) is 10.4 Å². The number of piperidine rings is 1. The van der Waals surface area contributed by atoms with Crippen molar-refractivity contribution in [3.05, 3.63) is 65.1 Å². The molecule has 6 rings (SSSR count). The maximum absolute atomic E-state index is 14.7. The molecule has 3 aromatic rings. The number of hydrazine groups is 1. The van der Waals surface area contributed by atoms with E-state index in [4.69, 9.17) is 16.6 Å². The molecule has 0 radical (unpaired) electrons. The Labute approximate surface area is 188 Å². The third-order valence-corrected chi connectivity index (χ3v) is 7.13. The van der Waals surface area contributed by atoms with Gasteiger partial charge in [0, 0.05) is 24.3 Å². The quantitative estimate of drug-likeness (QED) is 0.350. The number of allylic oxidation sites excluding steroid dienone is 1. The zero-order valence-electron chi connectivity index (χ0n) is 17.7. The maximum Gasteiger partial charge on any atom is 0.166 e. The van der Waals surface area contributed by atoms with Crippen LogP contribution >= 0.6 is 0 Å². The summed E-state index contributed by atoms with van der Waals surface area (Å²) in [6.45, 7) is 0.681. The highest BCUT2D eigenvalue weighted by atomic mass is 19.1. The van der Waals surface area contributed by atoms with E-state index in [0.29, 0.717) is 29.1 Å². The first-order valence-corrected chi connectivity index (χ1v) is 11.0. The second-order valence-corrected chi connectivity index (χ2v) is 9.01. The van der Waals surface area contributed by atoms with Gasteiger partial charge >= 0.3 is 0 Å². The molecule has 4 N–H and O–H groups in total. The Morgan fingerprint density at radius 3 is 2.79 bits per heavy atom. The number of hydrogen-bond acceptors (Lipinski definition) is 7. The van der Waals surface area contributed by atoms with Crippen LogP contribution in [0.1, 0.15) is 36.8 Å². The van der Waals surface area contributed by atoms with E-state index in [-0.39, 0.29) is 23.4 Å². The molecule has 3 aliphatic rings. The van der Waals surface area contributed by atoms with Crippen molar-refractivity contribution < 1.29 is 8.78 Å². The minimum absolute atomic E-state index is 0.112. The molecule has 1 saturated heterocycles. The fourth-order valence-electron chi connectivity index (χ4n) is 5.22. The lowest BCUT2D eigenvalue weighted by molar-refractivity contribution is 0.363. The maximum atomic E-state index is 14.7. The second kappa shape index (κ2) is 6.89. The van der Waals surface area contributed by atoms with Gasteiger partial charge < -0.3 is 10.6 Å². The van der Waals surface area contributed by atoms with Crippen LogP contribution in [0.15, 0.2) is 42.4 Å². The number of benzene rings is 1. The van der Waals surface area contributed by atoms with Crippen molar-refractivity contribution >= 4 is 17.2 Å². The van der Waals surface area contributed by atoms with E-state index >= 15 is 0 Å². The Hall–Kier alpha value is -3.71. The molecule has 0 amide bonds. The molecular weight excluding hydrogens is 426 g/mol. The van der Waals surface area contributed by atoms with Crippen molar-refractivity contribution in [1.29, 1.82) is 5.26 Å². The van der Waals surface area contributed by atoms with Gasteiger partial charge in [0.1, 0.15) is 23.5 Å². The number of hydrogen-bond donors (Lipinski definition) is 2. The zero-order valence-corrected chi connectivity index (χ0v) is 17.7. The second-order valence-electron chi connectivity index (χ2n) is 9.01. The van der Waals surface area contributed by atoms with Crippen LogP contribution in [0, 0.1) is 28.9 Å². The normalized spacial score (nSPS) is 24.4. The molecule has 3 fully saturated rings. The third kappa shape index (κ3) is 2.89.